The van der Waals surface area contributed by atoms with Crippen LogP contribution in [0, 0.1) is 5.82 Å². The second-order valence-electron chi connectivity index (χ2n) is 4.16. The van der Waals surface area contributed by atoms with E-state index in [0.717, 1.165) is 0 Å². The summed E-state index contributed by atoms with van der Waals surface area (Å²) < 4.78 is 13.1. The van der Waals surface area contributed by atoms with E-state index in [0.29, 0.717) is 11.1 Å². The second kappa shape index (κ2) is 8.44. The number of hydrogen-bond acceptors (Lipinski definition) is 5. The van der Waals surface area contributed by atoms with Crippen molar-refractivity contribution in [2.75, 3.05) is 13.6 Å². The highest BCUT2D eigenvalue weighted by Gasteiger charge is 2.14. The lowest BCUT2D eigenvalue weighted by atomic mass is 10.1. The first-order valence-electron chi connectivity index (χ1n) is 6.61. The van der Waals surface area contributed by atoms with E-state index >= 15 is 0 Å². The fourth-order valence-electron chi connectivity index (χ4n) is 1.69. The topological polar surface area (TPSA) is 130 Å². The zero-order valence-corrected chi connectivity index (χ0v) is 12.4. The summed E-state index contributed by atoms with van der Waals surface area (Å²) in [7, 11) is 1.75. The zero-order chi connectivity index (χ0) is 17.4. The Balaban J connectivity index is 0.00000127. The van der Waals surface area contributed by atoms with E-state index in [1.807, 2.05) is 5.32 Å². The molecule has 0 atom stereocenters. The number of aliphatic carboxylic acids is 1. The first-order chi connectivity index (χ1) is 11.0. The van der Waals surface area contributed by atoms with Crippen LogP contribution in [0.3, 0.4) is 0 Å². The fourth-order valence-corrected chi connectivity index (χ4v) is 1.69. The van der Waals surface area contributed by atoms with Crippen LogP contribution in [0.2, 0.25) is 0 Å². The van der Waals surface area contributed by atoms with Crippen molar-refractivity contribution in [2.24, 2.45) is 0 Å². The van der Waals surface area contributed by atoms with Gasteiger partial charge >= 0.3 is 0 Å². The highest BCUT2D eigenvalue weighted by atomic mass is 19.1. The average molecular weight is 321 g/mol. The minimum atomic E-state index is -1.46. The maximum Gasteiger partial charge on any atom is 0.274 e. The minimum Gasteiger partial charge on any atom is -0.548 e. The van der Waals surface area contributed by atoms with Crippen molar-refractivity contribution >= 4 is 11.9 Å². The molecule has 7 nitrogen and oxygen atoms in total. The molecule has 0 fully saturated rings. The molecular formula is C15H16FN3O4. The number of amides is 1. The second-order valence-corrected chi connectivity index (χ2v) is 4.16. The quantitative estimate of drug-likeness (QED) is 0.660. The molecule has 0 saturated carbocycles. The third-order valence-electron chi connectivity index (χ3n) is 2.63. The molecule has 1 aromatic carbocycles. The summed E-state index contributed by atoms with van der Waals surface area (Å²) >= 11 is 0. The van der Waals surface area contributed by atoms with Crippen molar-refractivity contribution in [3.05, 3.63) is 48.0 Å². The van der Waals surface area contributed by atoms with Crippen LogP contribution in [0.1, 0.15) is 10.5 Å². The van der Waals surface area contributed by atoms with E-state index in [2.05, 4.69) is 10.7 Å². The first-order valence-corrected chi connectivity index (χ1v) is 6.61. The molecule has 0 aliphatic heterocycles. The number of rotatable bonds is 4. The molecule has 0 radical (unpaired) electrons. The first kappa shape index (κ1) is 18.1. The van der Waals surface area contributed by atoms with E-state index in [1.165, 1.54) is 30.5 Å². The Morgan fingerprint density at radius 3 is 2.57 bits per heavy atom. The molecule has 122 valence electrons. The third kappa shape index (κ3) is 5.04. The Kier molecular flexibility index (Phi) is 6.63. The molecular weight excluding hydrogens is 305 g/mol. The number of pyridine rings is 1. The summed E-state index contributed by atoms with van der Waals surface area (Å²) in [5.41, 5.74) is 3.83. The van der Waals surface area contributed by atoms with Gasteiger partial charge in [-0.15, -0.1) is 0 Å². The predicted octanol–water partition coefficient (Wildman–Crippen LogP) is -1.07. The number of hydrogen-bond donors (Lipinski definition) is 3. The lowest BCUT2D eigenvalue weighted by Gasteiger charge is -2.08. The molecule has 1 heterocycles. The summed E-state index contributed by atoms with van der Waals surface area (Å²) in [4.78, 5) is 25.6. The van der Waals surface area contributed by atoms with Crippen LogP contribution in [-0.4, -0.2) is 35.6 Å². The molecule has 2 aromatic rings. The standard InChI is InChI=1S/C14H11FN2O4.CH5N/c15-10-3-1-2-8(4-10)9-5-11(18)13(16-6-9)14(21)17-7-12(19)20;1-2/h1-6,18H,7H2,(H,17,21)(H,19,20);2H2,1H3. The largest absolute Gasteiger partial charge is 0.548 e. The fraction of sp³-hybridized carbons (Fsp3) is 0.133. The Hall–Kier alpha value is -3.00. The van der Waals surface area contributed by atoms with Crippen LogP contribution in [0.15, 0.2) is 36.5 Å². The van der Waals surface area contributed by atoms with Crippen molar-refractivity contribution in [1.82, 2.24) is 10.3 Å². The maximum atomic E-state index is 13.1. The number of quaternary nitrogens is 1. The summed E-state index contributed by atoms with van der Waals surface area (Å²) in [6.45, 7) is -0.689. The molecule has 0 aliphatic carbocycles. The normalized spacial score (nSPS) is 9.52. The number of carbonyl (C=O) groups excluding carboxylic acids is 2. The number of aromatic nitrogens is 1. The van der Waals surface area contributed by atoms with Gasteiger partial charge in [0, 0.05) is 11.8 Å². The summed E-state index contributed by atoms with van der Waals surface area (Å²) in [5.74, 6) is -3.18. The van der Waals surface area contributed by atoms with Gasteiger partial charge in [-0.05, 0) is 23.8 Å². The van der Waals surface area contributed by atoms with E-state index in [9.17, 15) is 24.2 Å². The number of nitrogens with zero attached hydrogens (tertiary/aromatic N) is 1. The van der Waals surface area contributed by atoms with Crippen molar-refractivity contribution in [3.8, 4) is 16.9 Å². The molecule has 0 saturated heterocycles. The van der Waals surface area contributed by atoms with Gasteiger partial charge < -0.3 is 26.1 Å². The Morgan fingerprint density at radius 1 is 1.30 bits per heavy atom. The smallest absolute Gasteiger partial charge is 0.274 e. The number of aromatic hydroxyl groups is 1. The number of halogens is 1. The van der Waals surface area contributed by atoms with Gasteiger partial charge in [-0.25, -0.2) is 9.37 Å². The SMILES string of the molecule is C[NH3+].O=C([O-])CNC(=O)c1ncc(-c2cccc(F)c2)cc1O. The van der Waals surface area contributed by atoms with Crippen LogP contribution in [0.5, 0.6) is 5.75 Å². The monoisotopic (exact) mass is 321 g/mol. The lowest BCUT2D eigenvalue weighted by molar-refractivity contribution is -0.325. The van der Waals surface area contributed by atoms with Crippen molar-refractivity contribution < 1.29 is 29.9 Å². The Labute approximate surface area is 131 Å². The maximum absolute atomic E-state index is 13.1. The molecule has 1 aromatic heterocycles. The summed E-state index contributed by atoms with van der Waals surface area (Å²) in [6, 6.07) is 6.90. The molecule has 0 aliphatic rings. The minimum absolute atomic E-state index is 0.323. The number of carboxylic acid groups (broad SMARTS) is 1. The molecule has 5 N–H and O–H groups in total. The molecule has 0 bridgehead atoms. The molecule has 0 unspecified atom stereocenters. The van der Waals surface area contributed by atoms with Crippen molar-refractivity contribution in [3.63, 3.8) is 0 Å². The molecule has 23 heavy (non-hydrogen) atoms. The summed E-state index contributed by atoms with van der Waals surface area (Å²) in [5, 5.41) is 22.0. The Morgan fingerprint density at radius 2 is 2.00 bits per heavy atom. The van der Waals surface area contributed by atoms with Gasteiger partial charge in [-0.3, -0.25) is 4.79 Å². The predicted molar refractivity (Wildman–Crippen MR) is 77.4 cm³/mol. The number of carboxylic acids is 1. The lowest BCUT2D eigenvalue weighted by Crippen LogP contribution is -2.40. The molecule has 0 spiro atoms. The van der Waals surface area contributed by atoms with Gasteiger partial charge in [0.1, 0.15) is 11.6 Å². The third-order valence-corrected chi connectivity index (χ3v) is 2.63. The highest BCUT2D eigenvalue weighted by molar-refractivity contribution is 5.96. The average Bonchev–Trinajstić information content (AvgIpc) is 2.54. The number of benzene rings is 1. The van der Waals surface area contributed by atoms with Crippen molar-refractivity contribution in [1.29, 1.82) is 0 Å². The van der Waals surface area contributed by atoms with Crippen LogP contribution >= 0.6 is 0 Å². The van der Waals surface area contributed by atoms with E-state index in [4.69, 9.17) is 0 Å². The van der Waals surface area contributed by atoms with Crippen LogP contribution in [0.4, 0.5) is 4.39 Å². The molecule has 2 rings (SSSR count). The molecule has 8 heteroatoms. The van der Waals surface area contributed by atoms with Crippen molar-refractivity contribution in [2.45, 2.75) is 0 Å². The number of carbonyl (C=O) groups is 2. The highest BCUT2D eigenvalue weighted by Crippen LogP contribution is 2.25. The van der Waals surface area contributed by atoms with Crippen LogP contribution in [0.25, 0.3) is 11.1 Å². The van der Waals surface area contributed by atoms with E-state index in [1.54, 1.807) is 13.1 Å². The Bertz CT molecular complexity index is 707. The van der Waals surface area contributed by atoms with Gasteiger partial charge in [0.25, 0.3) is 5.91 Å². The van der Waals surface area contributed by atoms with Gasteiger partial charge in [-0.1, -0.05) is 12.1 Å². The van der Waals surface area contributed by atoms with E-state index < -0.39 is 30.0 Å². The zero-order valence-electron chi connectivity index (χ0n) is 12.4. The van der Waals surface area contributed by atoms with Gasteiger partial charge in [0.15, 0.2) is 5.69 Å². The van der Waals surface area contributed by atoms with Gasteiger partial charge in [-0.2, -0.15) is 0 Å². The van der Waals surface area contributed by atoms with Gasteiger partial charge in [0.2, 0.25) is 0 Å². The van der Waals surface area contributed by atoms with E-state index in [-0.39, 0.29) is 5.69 Å². The number of nitrogens with one attached hydrogen (secondary N) is 1. The summed E-state index contributed by atoms with van der Waals surface area (Å²) in [6.07, 6.45) is 1.28. The molecule has 1 amide bonds. The van der Waals surface area contributed by atoms with Gasteiger partial charge in [0.05, 0.1) is 19.6 Å². The van der Waals surface area contributed by atoms with Crippen LogP contribution in [-0.2, 0) is 4.79 Å². The van der Waals surface area contributed by atoms with Crippen LogP contribution < -0.4 is 16.2 Å².